The fourth-order valence-electron chi connectivity index (χ4n) is 2.00. The molecule has 0 amide bonds. The number of benzene rings is 2. The summed E-state index contributed by atoms with van der Waals surface area (Å²) in [5, 5.41) is 1.77. The Bertz CT molecular complexity index is 807. The Kier molecular flexibility index (Phi) is 3.75. The first kappa shape index (κ1) is 13.8. The van der Waals surface area contributed by atoms with Gasteiger partial charge in [-0.2, -0.15) is 0 Å². The molecule has 21 heavy (non-hydrogen) atoms. The van der Waals surface area contributed by atoms with Crippen molar-refractivity contribution in [3.05, 3.63) is 59.0 Å². The van der Waals surface area contributed by atoms with E-state index in [0.717, 1.165) is 16.5 Å². The Hall–Kier alpha value is -2.14. The lowest BCUT2D eigenvalue weighted by molar-refractivity contribution is 0.415. The summed E-state index contributed by atoms with van der Waals surface area (Å²) in [4.78, 5) is 4.22. The molecule has 0 saturated heterocycles. The minimum Gasteiger partial charge on any atom is -0.497 e. The van der Waals surface area contributed by atoms with Gasteiger partial charge in [0.2, 0.25) is 5.88 Å². The number of halogens is 2. The second-order valence-corrected chi connectivity index (χ2v) is 5.23. The first-order valence-corrected chi connectivity index (χ1v) is 7.02. The molecule has 2 aromatic carbocycles. The summed E-state index contributed by atoms with van der Waals surface area (Å²) in [5.41, 5.74) is 0. The van der Waals surface area contributed by atoms with Crippen molar-refractivity contribution in [3.63, 3.8) is 0 Å². The molecule has 3 aromatic rings. The molecule has 0 N–H and O–H groups in total. The summed E-state index contributed by atoms with van der Waals surface area (Å²) in [7, 11) is 1.61. The van der Waals surface area contributed by atoms with Crippen molar-refractivity contribution in [1.29, 1.82) is 0 Å². The smallest absolute Gasteiger partial charge is 0.227 e. The number of pyridine rings is 1. The summed E-state index contributed by atoms with van der Waals surface area (Å²) in [6.07, 6.45) is 1.64. The minimum atomic E-state index is -0.366. The molecule has 1 heterocycles. The first-order chi connectivity index (χ1) is 10.2. The van der Waals surface area contributed by atoms with Crippen LogP contribution in [0.25, 0.3) is 10.8 Å². The molecule has 0 aliphatic carbocycles. The number of ether oxygens (including phenoxy) is 2. The van der Waals surface area contributed by atoms with Gasteiger partial charge in [-0.3, -0.25) is 0 Å². The molecule has 3 rings (SSSR count). The zero-order valence-electron chi connectivity index (χ0n) is 11.1. The lowest BCUT2D eigenvalue weighted by atomic mass is 10.1. The molecule has 3 nitrogen and oxygen atoms in total. The van der Waals surface area contributed by atoms with Gasteiger partial charge in [-0.05, 0) is 57.7 Å². The van der Waals surface area contributed by atoms with E-state index in [1.807, 2.05) is 24.3 Å². The molecular weight excluding hydrogens is 337 g/mol. The predicted octanol–water partition coefficient (Wildman–Crippen LogP) is 4.94. The van der Waals surface area contributed by atoms with Gasteiger partial charge in [-0.15, -0.1) is 0 Å². The Morgan fingerprint density at radius 2 is 1.95 bits per heavy atom. The number of methoxy groups -OCH3 is 1. The zero-order chi connectivity index (χ0) is 14.8. The van der Waals surface area contributed by atoms with Gasteiger partial charge in [0.25, 0.3) is 0 Å². The third-order valence-corrected chi connectivity index (χ3v) is 3.69. The highest BCUT2D eigenvalue weighted by Crippen LogP contribution is 2.33. The number of fused-ring (bicyclic) bond motifs is 1. The molecule has 1 aromatic heterocycles. The van der Waals surface area contributed by atoms with Crippen molar-refractivity contribution in [2.75, 3.05) is 7.11 Å². The molecule has 0 unspecified atom stereocenters. The van der Waals surface area contributed by atoms with E-state index < -0.39 is 0 Å². The summed E-state index contributed by atoms with van der Waals surface area (Å²) in [6.45, 7) is 0. The standard InChI is InChI=1S/C16H11BrFNO2/c1-20-12-3-4-13-10(8-12)6-7-19-16(13)21-15-9-11(18)2-5-14(15)17/h2-9H,1H3. The van der Waals surface area contributed by atoms with E-state index in [1.165, 1.54) is 12.1 Å². The van der Waals surface area contributed by atoms with Crippen molar-refractivity contribution in [1.82, 2.24) is 4.98 Å². The topological polar surface area (TPSA) is 31.4 Å². The van der Waals surface area contributed by atoms with Crippen molar-refractivity contribution in [2.45, 2.75) is 0 Å². The Morgan fingerprint density at radius 1 is 1.10 bits per heavy atom. The average Bonchev–Trinajstić information content (AvgIpc) is 2.50. The Labute approximate surface area is 129 Å². The van der Waals surface area contributed by atoms with Gasteiger partial charge >= 0.3 is 0 Å². The quantitative estimate of drug-likeness (QED) is 0.672. The second-order valence-electron chi connectivity index (χ2n) is 4.38. The van der Waals surface area contributed by atoms with Crippen molar-refractivity contribution >= 4 is 26.7 Å². The van der Waals surface area contributed by atoms with Gasteiger partial charge < -0.3 is 9.47 Å². The molecule has 0 aliphatic heterocycles. The number of hydrogen-bond acceptors (Lipinski definition) is 3. The summed E-state index contributed by atoms with van der Waals surface area (Å²) in [5.74, 6) is 1.19. The third kappa shape index (κ3) is 2.83. The molecule has 0 aliphatic rings. The highest BCUT2D eigenvalue weighted by molar-refractivity contribution is 9.10. The molecular formula is C16H11BrFNO2. The number of hydrogen-bond donors (Lipinski definition) is 0. The average molecular weight is 348 g/mol. The Balaban J connectivity index is 2.06. The molecule has 0 bridgehead atoms. The fraction of sp³-hybridized carbons (Fsp3) is 0.0625. The van der Waals surface area contributed by atoms with Crippen LogP contribution in [0, 0.1) is 5.82 Å². The zero-order valence-corrected chi connectivity index (χ0v) is 12.7. The SMILES string of the molecule is COc1ccc2c(Oc3cc(F)ccc3Br)nccc2c1. The van der Waals surface area contributed by atoms with Gasteiger partial charge in [0, 0.05) is 17.6 Å². The van der Waals surface area contributed by atoms with Crippen molar-refractivity contribution in [3.8, 4) is 17.4 Å². The van der Waals surface area contributed by atoms with Crippen LogP contribution in [0.4, 0.5) is 4.39 Å². The van der Waals surface area contributed by atoms with Gasteiger partial charge in [-0.1, -0.05) is 0 Å². The molecule has 106 valence electrons. The molecule has 0 atom stereocenters. The first-order valence-electron chi connectivity index (χ1n) is 6.23. The largest absolute Gasteiger partial charge is 0.497 e. The Morgan fingerprint density at radius 3 is 2.76 bits per heavy atom. The summed E-state index contributed by atoms with van der Waals surface area (Å²) >= 11 is 3.34. The predicted molar refractivity (Wildman–Crippen MR) is 82.5 cm³/mol. The van der Waals surface area contributed by atoms with Crippen molar-refractivity contribution < 1.29 is 13.9 Å². The number of nitrogens with zero attached hydrogens (tertiary/aromatic N) is 1. The van der Waals surface area contributed by atoms with Crippen LogP contribution in [0.2, 0.25) is 0 Å². The normalized spacial score (nSPS) is 10.6. The van der Waals surface area contributed by atoms with Crippen LogP contribution in [0.5, 0.6) is 17.4 Å². The van der Waals surface area contributed by atoms with Crippen molar-refractivity contribution in [2.24, 2.45) is 0 Å². The van der Waals surface area contributed by atoms with Gasteiger partial charge in [0.15, 0.2) is 0 Å². The minimum absolute atomic E-state index is 0.366. The maximum Gasteiger partial charge on any atom is 0.227 e. The van der Waals surface area contributed by atoms with Crippen LogP contribution in [0.1, 0.15) is 0 Å². The molecule has 0 fully saturated rings. The molecule has 0 spiro atoms. The van der Waals surface area contributed by atoms with Gasteiger partial charge in [0.05, 0.1) is 11.6 Å². The van der Waals surface area contributed by atoms with E-state index in [-0.39, 0.29) is 5.82 Å². The van der Waals surface area contributed by atoms with E-state index >= 15 is 0 Å². The molecule has 0 radical (unpaired) electrons. The second kappa shape index (κ2) is 5.69. The van der Waals surface area contributed by atoms with Crippen LogP contribution in [0.3, 0.4) is 0 Å². The summed E-state index contributed by atoms with van der Waals surface area (Å²) < 4.78 is 24.9. The highest BCUT2D eigenvalue weighted by Gasteiger charge is 2.09. The van der Waals surface area contributed by atoms with Crippen LogP contribution in [-0.2, 0) is 0 Å². The monoisotopic (exact) mass is 347 g/mol. The van der Waals surface area contributed by atoms with E-state index in [2.05, 4.69) is 20.9 Å². The van der Waals surface area contributed by atoms with E-state index in [4.69, 9.17) is 9.47 Å². The van der Waals surface area contributed by atoms with E-state index in [0.29, 0.717) is 16.1 Å². The van der Waals surface area contributed by atoms with Gasteiger partial charge in [0.1, 0.15) is 17.3 Å². The van der Waals surface area contributed by atoms with E-state index in [9.17, 15) is 4.39 Å². The fourth-order valence-corrected chi connectivity index (χ4v) is 2.32. The van der Waals surface area contributed by atoms with Crippen LogP contribution in [-0.4, -0.2) is 12.1 Å². The third-order valence-electron chi connectivity index (χ3n) is 3.03. The van der Waals surface area contributed by atoms with Crippen LogP contribution in [0.15, 0.2) is 53.1 Å². The summed E-state index contributed by atoms with van der Waals surface area (Å²) in [6, 6.07) is 11.7. The number of aromatic nitrogens is 1. The van der Waals surface area contributed by atoms with E-state index in [1.54, 1.807) is 19.4 Å². The maximum absolute atomic E-state index is 13.3. The highest BCUT2D eigenvalue weighted by atomic mass is 79.9. The van der Waals surface area contributed by atoms with Crippen LogP contribution >= 0.6 is 15.9 Å². The lowest BCUT2D eigenvalue weighted by Gasteiger charge is -2.10. The maximum atomic E-state index is 13.3. The lowest BCUT2D eigenvalue weighted by Crippen LogP contribution is -1.91. The molecule has 5 heteroatoms. The van der Waals surface area contributed by atoms with Gasteiger partial charge in [-0.25, -0.2) is 9.37 Å². The molecule has 0 saturated carbocycles. The van der Waals surface area contributed by atoms with Crippen LogP contribution < -0.4 is 9.47 Å². The number of rotatable bonds is 3.